The third kappa shape index (κ3) is 2.22. The van der Waals surface area contributed by atoms with Gasteiger partial charge in [-0.3, -0.25) is 9.69 Å². The van der Waals surface area contributed by atoms with Gasteiger partial charge < -0.3 is 9.88 Å². The molecule has 1 aromatic heterocycles. The van der Waals surface area contributed by atoms with E-state index in [1.54, 1.807) is 0 Å². The van der Waals surface area contributed by atoms with Crippen molar-refractivity contribution in [3.63, 3.8) is 0 Å². The van der Waals surface area contributed by atoms with E-state index in [0.717, 1.165) is 19.4 Å². The molecule has 3 heterocycles. The summed E-state index contributed by atoms with van der Waals surface area (Å²) in [5, 5.41) is 1.37. The third-order valence-electron chi connectivity index (χ3n) is 7.28. The van der Waals surface area contributed by atoms with E-state index in [2.05, 4.69) is 59.1 Å². The summed E-state index contributed by atoms with van der Waals surface area (Å²) in [6.07, 6.45) is 9.29. The lowest BCUT2D eigenvalue weighted by molar-refractivity contribution is -0.146. The van der Waals surface area contributed by atoms with E-state index in [0.29, 0.717) is 30.1 Å². The van der Waals surface area contributed by atoms with Crippen molar-refractivity contribution in [1.82, 2.24) is 14.8 Å². The van der Waals surface area contributed by atoms with E-state index in [-0.39, 0.29) is 5.92 Å². The number of aromatic nitrogens is 1. The molecular weight excluding hydrogens is 334 g/mol. The number of likely N-dealkylation sites (tertiary alicyclic amines) is 1. The second-order valence-corrected chi connectivity index (χ2v) is 9.10. The summed E-state index contributed by atoms with van der Waals surface area (Å²) in [6, 6.07) is 8.45. The summed E-state index contributed by atoms with van der Waals surface area (Å²) in [6.45, 7) is 5.26. The highest BCUT2D eigenvalue weighted by atomic mass is 16.2. The molecule has 0 spiro atoms. The lowest BCUT2D eigenvalue weighted by atomic mass is 9.79. The van der Waals surface area contributed by atoms with Crippen LogP contribution in [0.4, 0.5) is 0 Å². The van der Waals surface area contributed by atoms with Gasteiger partial charge in [0.05, 0.1) is 5.92 Å². The second-order valence-electron chi connectivity index (χ2n) is 9.10. The van der Waals surface area contributed by atoms with Crippen molar-refractivity contribution in [1.29, 1.82) is 0 Å². The Morgan fingerprint density at radius 3 is 2.74 bits per heavy atom. The Hall–Kier alpha value is -2.07. The van der Waals surface area contributed by atoms with Crippen LogP contribution in [0.3, 0.4) is 0 Å². The van der Waals surface area contributed by atoms with E-state index in [1.807, 2.05) is 0 Å². The van der Waals surface area contributed by atoms with Crippen LogP contribution in [0.25, 0.3) is 16.5 Å². The summed E-state index contributed by atoms with van der Waals surface area (Å²) in [7, 11) is 0. The summed E-state index contributed by atoms with van der Waals surface area (Å²) in [5.41, 5.74) is 5.39. The van der Waals surface area contributed by atoms with Crippen molar-refractivity contribution in [2.24, 2.45) is 5.92 Å². The van der Waals surface area contributed by atoms with Gasteiger partial charge in [-0.25, -0.2) is 0 Å². The van der Waals surface area contributed by atoms with E-state index in [1.165, 1.54) is 40.4 Å². The second kappa shape index (κ2) is 5.48. The van der Waals surface area contributed by atoms with Crippen molar-refractivity contribution >= 4 is 22.4 Å². The van der Waals surface area contributed by atoms with E-state index in [9.17, 15) is 4.79 Å². The zero-order chi connectivity index (χ0) is 18.3. The number of H-pyrrole nitrogens is 1. The first-order valence-corrected chi connectivity index (χ1v) is 10.5. The molecule has 4 aliphatic rings. The fourth-order valence-corrected chi connectivity index (χ4v) is 5.88. The van der Waals surface area contributed by atoms with Gasteiger partial charge >= 0.3 is 0 Å². The molecular formula is C23H27N3O. The molecule has 1 saturated carbocycles. The van der Waals surface area contributed by atoms with Gasteiger partial charge in [-0.2, -0.15) is 0 Å². The van der Waals surface area contributed by atoms with E-state index >= 15 is 0 Å². The first-order chi connectivity index (χ1) is 13.1. The summed E-state index contributed by atoms with van der Waals surface area (Å²) in [5.74, 6) is 0.336. The minimum Gasteiger partial charge on any atom is -0.361 e. The van der Waals surface area contributed by atoms with Crippen LogP contribution in [-0.2, 0) is 11.2 Å². The molecule has 1 amide bonds. The Morgan fingerprint density at radius 2 is 2.00 bits per heavy atom. The number of amides is 1. The van der Waals surface area contributed by atoms with Crippen LogP contribution in [0, 0.1) is 5.92 Å². The number of rotatable bonds is 2. The lowest BCUT2D eigenvalue weighted by Crippen LogP contribution is -2.59. The Kier molecular flexibility index (Phi) is 3.23. The molecule has 2 aliphatic heterocycles. The third-order valence-corrected chi connectivity index (χ3v) is 7.28. The van der Waals surface area contributed by atoms with Gasteiger partial charge in [0.25, 0.3) is 0 Å². The zero-order valence-corrected chi connectivity index (χ0v) is 16.1. The van der Waals surface area contributed by atoms with Crippen molar-refractivity contribution in [2.75, 3.05) is 6.54 Å². The molecule has 0 bridgehead atoms. The molecule has 4 atom stereocenters. The van der Waals surface area contributed by atoms with Gasteiger partial charge in [-0.1, -0.05) is 18.2 Å². The first kappa shape index (κ1) is 15.9. The normalized spacial score (nSPS) is 32.8. The number of carbonyl (C=O) groups excluding carboxylic acids is 1. The quantitative estimate of drug-likeness (QED) is 0.888. The van der Waals surface area contributed by atoms with Crippen LogP contribution < -0.4 is 0 Å². The predicted octanol–water partition coefficient (Wildman–Crippen LogP) is 3.58. The largest absolute Gasteiger partial charge is 0.361 e. The van der Waals surface area contributed by atoms with Crippen molar-refractivity contribution in [3.05, 3.63) is 41.6 Å². The maximum Gasteiger partial charge on any atom is 0.231 e. The number of fused-ring (bicyclic) bond motifs is 2. The molecule has 4 nitrogen and oxygen atoms in total. The fraction of sp³-hybridized carbons (Fsp3) is 0.522. The maximum atomic E-state index is 13.4. The number of carbonyl (C=O) groups is 1. The number of aromatic amines is 1. The molecule has 1 aromatic carbocycles. The van der Waals surface area contributed by atoms with Crippen LogP contribution in [0.5, 0.6) is 0 Å². The van der Waals surface area contributed by atoms with Gasteiger partial charge in [-0.05, 0) is 62.3 Å². The Labute approximate surface area is 160 Å². The first-order valence-electron chi connectivity index (χ1n) is 10.5. The van der Waals surface area contributed by atoms with Crippen molar-refractivity contribution in [3.8, 4) is 0 Å². The number of hydrogen-bond donors (Lipinski definition) is 1. The molecule has 6 rings (SSSR count). The zero-order valence-electron chi connectivity index (χ0n) is 16.1. The van der Waals surface area contributed by atoms with E-state index in [4.69, 9.17) is 0 Å². The maximum absolute atomic E-state index is 13.4. The highest BCUT2D eigenvalue weighted by Crippen LogP contribution is 2.45. The Bertz CT molecular complexity index is 961. The molecule has 2 aliphatic carbocycles. The highest BCUT2D eigenvalue weighted by molar-refractivity contribution is 5.99. The smallest absolute Gasteiger partial charge is 0.231 e. The SMILES string of the molecule is CC1CC(C)N1C(=O)C1C=C2c3cccc4[nH]cc(c34)CC2N(C2CC2)C1. The summed E-state index contributed by atoms with van der Waals surface area (Å²) < 4.78 is 0. The highest BCUT2D eigenvalue weighted by Gasteiger charge is 2.46. The van der Waals surface area contributed by atoms with Gasteiger partial charge in [0.15, 0.2) is 0 Å². The topological polar surface area (TPSA) is 39.3 Å². The summed E-state index contributed by atoms with van der Waals surface area (Å²) >= 11 is 0. The minimum atomic E-state index is -0.00204. The number of nitrogens with one attached hydrogen (secondary N) is 1. The van der Waals surface area contributed by atoms with E-state index < -0.39 is 0 Å². The molecule has 0 radical (unpaired) electrons. The Morgan fingerprint density at radius 1 is 1.19 bits per heavy atom. The predicted molar refractivity (Wildman–Crippen MR) is 107 cm³/mol. The molecule has 140 valence electrons. The molecule has 4 unspecified atom stereocenters. The van der Waals surface area contributed by atoms with Crippen LogP contribution >= 0.6 is 0 Å². The molecule has 2 aromatic rings. The molecule has 2 fully saturated rings. The van der Waals surface area contributed by atoms with Gasteiger partial charge in [-0.15, -0.1) is 0 Å². The van der Waals surface area contributed by atoms with Crippen molar-refractivity contribution in [2.45, 2.75) is 63.7 Å². The fourth-order valence-electron chi connectivity index (χ4n) is 5.88. The lowest BCUT2D eigenvalue weighted by Gasteiger charge is -2.49. The molecule has 27 heavy (non-hydrogen) atoms. The average molecular weight is 361 g/mol. The minimum absolute atomic E-state index is 0.00204. The number of nitrogens with zero attached hydrogens (tertiary/aromatic N) is 2. The monoisotopic (exact) mass is 361 g/mol. The van der Waals surface area contributed by atoms with Crippen LogP contribution in [0.15, 0.2) is 30.5 Å². The van der Waals surface area contributed by atoms with Gasteiger partial charge in [0, 0.05) is 47.8 Å². The van der Waals surface area contributed by atoms with Gasteiger partial charge in [0.1, 0.15) is 0 Å². The summed E-state index contributed by atoms with van der Waals surface area (Å²) in [4.78, 5) is 21.6. The molecule has 1 saturated heterocycles. The molecule has 1 N–H and O–H groups in total. The standard InChI is InChI=1S/C23H27N3O/c1-13-8-14(2)26(13)23(27)16-9-19-18-4-3-5-20-22(18)15(11-24-20)10-21(19)25(12-16)17-6-7-17/h3-5,9,11,13-14,16-17,21,24H,6-8,10,12H2,1-2H3. The van der Waals surface area contributed by atoms with Crippen LogP contribution in [0.1, 0.15) is 44.2 Å². The van der Waals surface area contributed by atoms with Crippen LogP contribution in [0.2, 0.25) is 0 Å². The number of hydrogen-bond acceptors (Lipinski definition) is 2. The van der Waals surface area contributed by atoms with Crippen LogP contribution in [-0.4, -0.2) is 51.4 Å². The molecule has 4 heteroatoms. The average Bonchev–Trinajstić information content (AvgIpc) is 3.42. The van der Waals surface area contributed by atoms with Crippen molar-refractivity contribution < 1.29 is 4.79 Å². The number of benzene rings is 1. The van der Waals surface area contributed by atoms with Gasteiger partial charge in [0.2, 0.25) is 5.91 Å². The Balaban J connectivity index is 1.45.